The monoisotopic (exact) mass is 443 g/mol. The van der Waals surface area contributed by atoms with Gasteiger partial charge in [-0.25, -0.2) is 9.97 Å². The third kappa shape index (κ3) is 5.51. The van der Waals surface area contributed by atoms with Gasteiger partial charge in [-0.3, -0.25) is 4.79 Å². The number of rotatable bonds is 10. The van der Waals surface area contributed by atoms with Crippen LogP contribution in [0, 0.1) is 5.92 Å². The van der Waals surface area contributed by atoms with Crippen molar-refractivity contribution >= 4 is 23.2 Å². The van der Waals surface area contributed by atoms with Crippen LogP contribution in [0.15, 0.2) is 67.0 Å². The molecule has 0 saturated heterocycles. The predicted molar refractivity (Wildman–Crippen MR) is 134 cm³/mol. The number of hydrogen-bond acceptors (Lipinski definition) is 5. The largest absolute Gasteiger partial charge is 0.351 e. The summed E-state index contributed by atoms with van der Waals surface area (Å²) >= 11 is 0. The first-order valence-electron chi connectivity index (χ1n) is 11.9. The Bertz CT molecular complexity index is 969. The molecule has 1 amide bonds. The summed E-state index contributed by atoms with van der Waals surface area (Å²) in [5, 5.41) is 3.23. The lowest BCUT2D eigenvalue weighted by atomic mass is 9.85. The molecule has 1 aromatic heterocycles. The fraction of sp³-hybridized carbons (Fsp3) is 0.370. The first-order chi connectivity index (χ1) is 16.2. The van der Waals surface area contributed by atoms with Crippen LogP contribution in [-0.2, 0) is 17.9 Å². The van der Waals surface area contributed by atoms with Crippen LogP contribution in [0.1, 0.15) is 44.2 Å². The molecule has 6 nitrogen and oxygen atoms in total. The van der Waals surface area contributed by atoms with E-state index in [2.05, 4.69) is 63.2 Å². The molecule has 0 bridgehead atoms. The van der Waals surface area contributed by atoms with Crippen LogP contribution in [0.4, 0.5) is 17.3 Å². The van der Waals surface area contributed by atoms with Crippen LogP contribution >= 0.6 is 0 Å². The molecule has 6 heteroatoms. The maximum Gasteiger partial charge on any atom is 0.227 e. The molecule has 1 saturated carbocycles. The first kappa shape index (κ1) is 22.8. The lowest BCUT2D eigenvalue weighted by molar-refractivity contribution is -0.122. The van der Waals surface area contributed by atoms with Gasteiger partial charge in [0, 0.05) is 32.1 Å². The van der Waals surface area contributed by atoms with Crippen molar-refractivity contribution in [3.05, 3.63) is 78.1 Å². The maximum absolute atomic E-state index is 13.0. The molecule has 1 aliphatic rings. The van der Waals surface area contributed by atoms with Crippen molar-refractivity contribution in [2.24, 2.45) is 5.92 Å². The van der Waals surface area contributed by atoms with Crippen molar-refractivity contribution in [2.45, 2.75) is 46.2 Å². The van der Waals surface area contributed by atoms with Crippen molar-refractivity contribution in [3.63, 3.8) is 0 Å². The van der Waals surface area contributed by atoms with Gasteiger partial charge in [-0.1, -0.05) is 67.1 Å². The molecule has 33 heavy (non-hydrogen) atoms. The number of carbonyl (C=O) groups excluding carboxylic acids is 1. The lowest BCUT2D eigenvalue weighted by Gasteiger charge is -2.31. The summed E-state index contributed by atoms with van der Waals surface area (Å²) in [7, 11) is 0. The summed E-state index contributed by atoms with van der Waals surface area (Å²) < 4.78 is 0. The summed E-state index contributed by atoms with van der Waals surface area (Å²) in [6.07, 6.45) is 4.64. The van der Waals surface area contributed by atoms with Crippen LogP contribution in [0.2, 0.25) is 0 Å². The number of carbonyl (C=O) groups is 1. The highest BCUT2D eigenvalue weighted by Gasteiger charge is 2.29. The minimum Gasteiger partial charge on any atom is -0.351 e. The Morgan fingerprint density at radius 1 is 0.848 bits per heavy atom. The van der Waals surface area contributed by atoms with Gasteiger partial charge < -0.3 is 15.1 Å². The summed E-state index contributed by atoms with van der Waals surface area (Å²) in [5.41, 5.74) is 3.12. The SMILES string of the molecule is CCN(Cc1ccccc1)c1ncnc(N(CC)Cc2ccccc2)c1NC(=O)C1CCC1. The molecule has 0 spiro atoms. The van der Waals surface area contributed by atoms with Gasteiger partial charge >= 0.3 is 0 Å². The van der Waals surface area contributed by atoms with E-state index in [-0.39, 0.29) is 11.8 Å². The van der Waals surface area contributed by atoms with Gasteiger partial charge in [-0.2, -0.15) is 0 Å². The molecule has 4 rings (SSSR count). The molecule has 0 radical (unpaired) electrons. The molecular weight excluding hydrogens is 410 g/mol. The number of nitrogens with one attached hydrogen (secondary N) is 1. The van der Waals surface area contributed by atoms with Crippen LogP contribution in [0.3, 0.4) is 0 Å². The molecule has 0 atom stereocenters. The first-order valence-corrected chi connectivity index (χ1v) is 11.9. The molecule has 1 N–H and O–H groups in total. The number of anilines is 3. The van der Waals surface area contributed by atoms with E-state index in [9.17, 15) is 4.79 Å². The fourth-order valence-electron chi connectivity index (χ4n) is 4.13. The van der Waals surface area contributed by atoms with E-state index in [0.717, 1.165) is 44.0 Å². The minimum absolute atomic E-state index is 0.0741. The Balaban J connectivity index is 1.70. The molecule has 3 aromatic rings. The number of hydrogen-bond donors (Lipinski definition) is 1. The van der Waals surface area contributed by atoms with Crippen molar-refractivity contribution in [2.75, 3.05) is 28.2 Å². The second-order valence-corrected chi connectivity index (χ2v) is 8.51. The number of benzene rings is 2. The average molecular weight is 444 g/mol. The van der Waals surface area contributed by atoms with Gasteiger partial charge in [-0.15, -0.1) is 0 Å². The van der Waals surface area contributed by atoms with Gasteiger partial charge in [0.25, 0.3) is 0 Å². The number of amides is 1. The smallest absolute Gasteiger partial charge is 0.227 e. The van der Waals surface area contributed by atoms with Gasteiger partial charge in [0.05, 0.1) is 0 Å². The zero-order chi connectivity index (χ0) is 23.0. The zero-order valence-corrected chi connectivity index (χ0v) is 19.6. The van der Waals surface area contributed by atoms with E-state index in [4.69, 9.17) is 0 Å². The number of nitrogens with zero attached hydrogens (tertiary/aromatic N) is 4. The van der Waals surface area contributed by atoms with E-state index in [1.807, 2.05) is 36.4 Å². The van der Waals surface area contributed by atoms with Crippen LogP contribution in [-0.4, -0.2) is 29.0 Å². The second-order valence-electron chi connectivity index (χ2n) is 8.51. The highest BCUT2D eigenvalue weighted by atomic mass is 16.1. The Morgan fingerprint density at radius 2 is 1.33 bits per heavy atom. The molecule has 1 heterocycles. The van der Waals surface area contributed by atoms with Crippen LogP contribution < -0.4 is 15.1 Å². The number of aromatic nitrogens is 2. The molecule has 1 aliphatic carbocycles. The molecule has 1 fully saturated rings. The summed E-state index contributed by atoms with van der Waals surface area (Å²) in [4.78, 5) is 26.8. The normalized spacial score (nSPS) is 13.3. The molecule has 0 aliphatic heterocycles. The minimum atomic E-state index is 0.0741. The van der Waals surface area contributed by atoms with Crippen LogP contribution in [0.25, 0.3) is 0 Å². The predicted octanol–water partition coefficient (Wildman–Crippen LogP) is 5.27. The molecule has 0 unspecified atom stereocenters. The summed E-state index contributed by atoms with van der Waals surface area (Å²) in [5.74, 6) is 1.69. The molecular formula is C27H33N5O. The highest BCUT2D eigenvalue weighted by Crippen LogP contribution is 2.36. The topological polar surface area (TPSA) is 61.4 Å². The van der Waals surface area contributed by atoms with E-state index >= 15 is 0 Å². The Kier molecular flexibility index (Phi) is 7.55. The van der Waals surface area contributed by atoms with E-state index in [1.54, 1.807) is 6.33 Å². The van der Waals surface area contributed by atoms with Crippen molar-refractivity contribution in [1.82, 2.24) is 9.97 Å². The van der Waals surface area contributed by atoms with E-state index < -0.39 is 0 Å². The maximum atomic E-state index is 13.0. The Labute approximate surface area is 196 Å². The Hall–Kier alpha value is -3.41. The summed E-state index contributed by atoms with van der Waals surface area (Å²) in [6, 6.07) is 20.7. The van der Waals surface area contributed by atoms with E-state index in [0.29, 0.717) is 18.8 Å². The third-order valence-electron chi connectivity index (χ3n) is 6.33. The molecule has 172 valence electrons. The van der Waals surface area contributed by atoms with E-state index in [1.165, 1.54) is 11.1 Å². The van der Waals surface area contributed by atoms with Crippen molar-refractivity contribution in [1.29, 1.82) is 0 Å². The standard InChI is InChI=1S/C27H33N5O/c1-3-31(18-21-12-7-5-8-13-21)25-24(30-27(33)23-16-11-17-23)26(29-20-28-25)32(4-2)19-22-14-9-6-10-15-22/h5-10,12-15,20,23H,3-4,11,16-19H2,1-2H3,(H,30,33). The average Bonchev–Trinajstić information content (AvgIpc) is 2.81. The quantitative estimate of drug-likeness (QED) is 0.463. The van der Waals surface area contributed by atoms with Crippen molar-refractivity contribution in [3.8, 4) is 0 Å². The zero-order valence-electron chi connectivity index (χ0n) is 19.6. The fourth-order valence-corrected chi connectivity index (χ4v) is 4.13. The van der Waals surface area contributed by atoms with Gasteiger partial charge in [0.2, 0.25) is 5.91 Å². The van der Waals surface area contributed by atoms with Crippen LogP contribution in [0.5, 0.6) is 0 Å². The Morgan fingerprint density at radius 3 is 1.73 bits per heavy atom. The third-order valence-corrected chi connectivity index (χ3v) is 6.33. The van der Waals surface area contributed by atoms with Gasteiger partial charge in [0.15, 0.2) is 11.6 Å². The van der Waals surface area contributed by atoms with Crippen molar-refractivity contribution < 1.29 is 4.79 Å². The highest BCUT2D eigenvalue weighted by molar-refractivity contribution is 5.99. The lowest BCUT2D eigenvalue weighted by Crippen LogP contribution is -2.32. The van der Waals surface area contributed by atoms with Gasteiger partial charge in [-0.05, 0) is 37.8 Å². The molecule has 2 aromatic carbocycles. The second kappa shape index (κ2) is 10.9. The summed E-state index contributed by atoms with van der Waals surface area (Å²) in [6.45, 7) is 7.19. The van der Waals surface area contributed by atoms with Gasteiger partial charge in [0.1, 0.15) is 12.0 Å².